The van der Waals surface area contributed by atoms with Crippen molar-refractivity contribution >= 4 is 21.3 Å². The van der Waals surface area contributed by atoms with Crippen molar-refractivity contribution in [3.8, 4) is 0 Å². The molecule has 1 rings (SSSR count). The molecule has 0 amide bonds. The van der Waals surface area contributed by atoms with Crippen LogP contribution in [-0.4, -0.2) is 16.1 Å². The Balaban J connectivity index is 2.95. The predicted octanol–water partition coefficient (Wildman–Crippen LogP) is 4.75. The summed E-state index contributed by atoms with van der Waals surface area (Å²) in [5.74, 6) is 0. The Morgan fingerprint density at radius 1 is 0.833 bits per heavy atom. The quantitative estimate of drug-likeness (QED) is 0.658. The zero-order valence-electron chi connectivity index (χ0n) is 12.7. The lowest BCUT2D eigenvalue weighted by Crippen LogP contribution is -2.41. The highest BCUT2D eigenvalue weighted by Gasteiger charge is 2.26. The van der Waals surface area contributed by atoms with Crippen LogP contribution in [0.2, 0.25) is 31.2 Å². The Labute approximate surface area is 115 Å². The topological polar surface area (TPSA) is 0 Å². The Morgan fingerprint density at radius 3 is 1.78 bits per heavy atom. The molecule has 0 fully saturated rings. The van der Waals surface area contributed by atoms with Crippen LogP contribution in [0.1, 0.15) is 20.8 Å². The molecule has 0 aromatic heterocycles. The van der Waals surface area contributed by atoms with E-state index < -0.39 is 16.1 Å². The molecule has 0 aliphatic carbocycles. The first kappa shape index (κ1) is 15.5. The SMILES string of the molecule is CC[Si](/C=C/[Si](C)(C)c1ccccc1)(CC)CC. The fourth-order valence-electron chi connectivity index (χ4n) is 2.45. The van der Waals surface area contributed by atoms with Gasteiger partial charge < -0.3 is 0 Å². The van der Waals surface area contributed by atoms with Crippen LogP contribution in [0.3, 0.4) is 0 Å². The molecule has 0 aliphatic rings. The molecule has 0 unspecified atom stereocenters. The molecule has 18 heavy (non-hydrogen) atoms. The van der Waals surface area contributed by atoms with Crippen LogP contribution >= 0.6 is 0 Å². The normalized spacial score (nSPS) is 13.2. The zero-order valence-corrected chi connectivity index (χ0v) is 14.7. The Bertz CT molecular complexity index is 367. The van der Waals surface area contributed by atoms with Crippen LogP contribution in [0.4, 0.5) is 0 Å². The summed E-state index contributed by atoms with van der Waals surface area (Å²) in [7, 11) is -2.49. The van der Waals surface area contributed by atoms with Crippen molar-refractivity contribution in [1.82, 2.24) is 0 Å². The molecule has 0 N–H and O–H groups in total. The highest BCUT2D eigenvalue weighted by atomic mass is 28.3. The van der Waals surface area contributed by atoms with Gasteiger partial charge in [-0.3, -0.25) is 0 Å². The largest absolute Gasteiger partial charge is 0.103 e. The van der Waals surface area contributed by atoms with E-state index in [1.165, 1.54) is 18.1 Å². The van der Waals surface area contributed by atoms with E-state index in [1.54, 1.807) is 5.19 Å². The van der Waals surface area contributed by atoms with Crippen molar-refractivity contribution in [2.24, 2.45) is 0 Å². The zero-order chi connectivity index (χ0) is 13.6. The van der Waals surface area contributed by atoms with Gasteiger partial charge in [0.2, 0.25) is 0 Å². The second-order valence-corrected chi connectivity index (χ2v) is 15.4. The predicted molar refractivity (Wildman–Crippen MR) is 89.9 cm³/mol. The third-order valence-electron chi connectivity index (χ3n) is 4.48. The third kappa shape index (κ3) is 3.69. The van der Waals surface area contributed by atoms with E-state index in [9.17, 15) is 0 Å². The molecule has 0 aliphatic heterocycles. The van der Waals surface area contributed by atoms with Gasteiger partial charge in [0.15, 0.2) is 0 Å². The summed E-state index contributed by atoms with van der Waals surface area (Å²) in [6, 6.07) is 15.2. The van der Waals surface area contributed by atoms with Gasteiger partial charge in [-0.05, 0) is 0 Å². The summed E-state index contributed by atoms with van der Waals surface area (Å²) in [6.45, 7) is 12.0. The minimum atomic E-state index is -1.38. The molecular formula is C16H28Si2. The maximum atomic E-state index is 2.66. The molecule has 2 heteroatoms. The fourth-order valence-corrected chi connectivity index (χ4v) is 8.98. The van der Waals surface area contributed by atoms with Gasteiger partial charge in [0.05, 0.1) is 8.07 Å². The molecule has 100 valence electrons. The van der Waals surface area contributed by atoms with E-state index in [0.29, 0.717) is 0 Å². The minimum absolute atomic E-state index is 1.11. The number of benzene rings is 1. The van der Waals surface area contributed by atoms with Gasteiger partial charge in [-0.25, -0.2) is 0 Å². The number of hydrogen-bond acceptors (Lipinski definition) is 0. The van der Waals surface area contributed by atoms with Crippen LogP contribution in [0, 0.1) is 0 Å². The van der Waals surface area contributed by atoms with Crippen molar-refractivity contribution in [3.63, 3.8) is 0 Å². The van der Waals surface area contributed by atoms with E-state index in [0.717, 1.165) is 0 Å². The Morgan fingerprint density at radius 2 is 1.33 bits per heavy atom. The molecule has 0 saturated heterocycles. The standard InChI is InChI=1S/C16H28Si2/c1-6-18(7-2,8-3)15-14-17(4,5)16-12-10-9-11-13-16/h9-15H,6-8H2,1-5H3/b15-14+. The molecule has 0 atom stereocenters. The number of rotatable bonds is 6. The van der Waals surface area contributed by atoms with Gasteiger partial charge in [0, 0.05) is 0 Å². The van der Waals surface area contributed by atoms with E-state index in [2.05, 4.69) is 75.6 Å². The van der Waals surface area contributed by atoms with Crippen molar-refractivity contribution < 1.29 is 0 Å². The smallest absolute Gasteiger partial charge is 0.102 e. The van der Waals surface area contributed by atoms with E-state index >= 15 is 0 Å². The van der Waals surface area contributed by atoms with Gasteiger partial charge in [0.1, 0.15) is 8.07 Å². The van der Waals surface area contributed by atoms with Crippen molar-refractivity contribution in [1.29, 1.82) is 0 Å². The fraction of sp³-hybridized carbons (Fsp3) is 0.500. The summed E-state index contributed by atoms with van der Waals surface area (Å²) in [5, 5.41) is 1.55. The first-order chi connectivity index (χ1) is 8.49. The molecular weight excluding hydrogens is 248 g/mol. The second-order valence-electron chi connectivity index (χ2n) is 5.84. The second kappa shape index (κ2) is 6.53. The third-order valence-corrected chi connectivity index (χ3v) is 12.7. The molecule has 0 bridgehead atoms. The maximum absolute atomic E-state index is 2.66. The maximum Gasteiger partial charge on any atom is 0.103 e. The first-order valence-electron chi connectivity index (χ1n) is 7.25. The summed E-state index contributed by atoms with van der Waals surface area (Å²) >= 11 is 0. The highest BCUT2D eigenvalue weighted by Crippen LogP contribution is 2.22. The average molecular weight is 277 g/mol. The average Bonchev–Trinajstić information content (AvgIpc) is 2.42. The van der Waals surface area contributed by atoms with Crippen LogP contribution in [0.25, 0.3) is 0 Å². The summed E-state index contributed by atoms with van der Waals surface area (Å²) in [6.07, 6.45) is 0. The van der Waals surface area contributed by atoms with Gasteiger partial charge in [-0.15, -0.1) is 5.70 Å². The molecule has 0 spiro atoms. The van der Waals surface area contributed by atoms with Crippen LogP contribution in [0.5, 0.6) is 0 Å². The summed E-state index contributed by atoms with van der Waals surface area (Å²) in [4.78, 5) is 0. The summed E-state index contributed by atoms with van der Waals surface area (Å²) in [5.41, 5.74) is 5.26. The van der Waals surface area contributed by atoms with Crippen LogP contribution in [-0.2, 0) is 0 Å². The Hall–Kier alpha value is -0.606. The number of hydrogen-bond donors (Lipinski definition) is 0. The van der Waals surface area contributed by atoms with Gasteiger partial charge in [-0.2, -0.15) is 0 Å². The van der Waals surface area contributed by atoms with Crippen LogP contribution in [0.15, 0.2) is 41.7 Å². The van der Waals surface area contributed by atoms with E-state index in [1.807, 2.05) is 0 Å². The molecule has 0 nitrogen and oxygen atoms in total. The van der Waals surface area contributed by atoms with E-state index in [-0.39, 0.29) is 0 Å². The molecule has 0 saturated carbocycles. The summed E-state index contributed by atoms with van der Waals surface area (Å²) < 4.78 is 0. The minimum Gasteiger partial charge on any atom is -0.102 e. The van der Waals surface area contributed by atoms with Gasteiger partial charge >= 0.3 is 0 Å². The molecule has 0 heterocycles. The van der Waals surface area contributed by atoms with Crippen molar-refractivity contribution in [2.75, 3.05) is 0 Å². The van der Waals surface area contributed by atoms with Crippen molar-refractivity contribution in [2.45, 2.75) is 52.0 Å². The molecule has 1 aromatic carbocycles. The highest BCUT2D eigenvalue weighted by molar-refractivity contribution is 6.96. The lowest BCUT2D eigenvalue weighted by molar-refractivity contribution is 1.19. The van der Waals surface area contributed by atoms with E-state index in [4.69, 9.17) is 0 Å². The molecule has 1 aromatic rings. The van der Waals surface area contributed by atoms with Crippen LogP contribution < -0.4 is 5.19 Å². The van der Waals surface area contributed by atoms with Gasteiger partial charge in [0.25, 0.3) is 0 Å². The molecule has 0 radical (unpaired) electrons. The monoisotopic (exact) mass is 276 g/mol. The van der Waals surface area contributed by atoms with Crippen molar-refractivity contribution in [3.05, 3.63) is 41.7 Å². The van der Waals surface area contributed by atoms with Gasteiger partial charge in [-0.1, -0.05) is 93.2 Å². The lowest BCUT2D eigenvalue weighted by Gasteiger charge is -2.26. The lowest BCUT2D eigenvalue weighted by atomic mass is 10.4. The Kier molecular flexibility index (Phi) is 5.60. The first-order valence-corrected chi connectivity index (χ1v) is 13.0.